The van der Waals surface area contributed by atoms with Crippen LogP contribution in [0.25, 0.3) is 0 Å². The summed E-state index contributed by atoms with van der Waals surface area (Å²) in [7, 11) is -2.57. The molecular formula is C12H13N3O4S. The number of anilines is 1. The van der Waals surface area contributed by atoms with Crippen LogP contribution in [-0.4, -0.2) is 31.7 Å². The van der Waals surface area contributed by atoms with Gasteiger partial charge in [0.15, 0.2) is 0 Å². The first-order valence-corrected chi connectivity index (χ1v) is 7.13. The second kappa shape index (κ2) is 5.33. The number of hydrogen-bond donors (Lipinski definition) is 2. The van der Waals surface area contributed by atoms with E-state index in [0.29, 0.717) is 5.56 Å². The van der Waals surface area contributed by atoms with E-state index < -0.39 is 16.0 Å². The molecule has 20 heavy (non-hydrogen) atoms. The number of rotatable bonds is 4. The van der Waals surface area contributed by atoms with E-state index in [-0.39, 0.29) is 16.3 Å². The average Bonchev–Trinajstić information content (AvgIpc) is 2.83. The highest BCUT2D eigenvalue weighted by Crippen LogP contribution is 2.18. The van der Waals surface area contributed by atoms with Crippen LogP contribution in [0.5, 0.6) is 0 Å². The fourth-order valence-electron chi connectivity index (χ4n) is 1.55. The van der Waals surface area contributed by atoms with Gasteiger partial charge in [-0.15, -0.1) is 0 Å². The van der Waals surface area contributed by atoms with E-state index in [9.17, 15) is 13.2 Å². The molecule has 0 fully saturated rings. The highest BCUT2D eigenvalue weighted by molar-refractivity contribution is 7.92. The molecule has 2 aromatic rings. The van der Waals surface area contributed by atoms with Crippen molar-refractivity contribution >= 4 is 21.8 Å². The molecule has 0 spiro atoms. The summed E-state index contributed by atoms with van der Waals surface area (Å²) in [5.74, 6) is -0.312. The predicted octanol–water partition coefficient (Wildman–Crippen LogP) is 1.31. The standard InChI is InChI=1S/C12H13N3O4S/c1-8-7-13-14-11(8)15-20(17,18)10-5-3-4-9(6-10)12(16)19-2/h3-7H,1-2H3,(H2,13,14,15). The molecule has 2 rings (SSSR count). The van der Waals surface area contributed by atoms with Gasteiger partial charge in [-0.05, 0) is 25.1 Å². The number of aromatic nitrogens is 2. The summed E-state index contributed by atoms with van der Waals surface area (Å²) >= 11 is 0. The van der Waals surface area contributed by atoms with Crippen LogP contribution >= 0.6 is 0 Å². The number of carbonyl (C=O) groups excluding carboxylic acids is 1. The number of aryl methyl sites for hydroxylation is 1. The maximum absolute atomic E-state index is 12.2. The molecule has 0 bridgehead atoms. The van der Waals surface area contributed by atoms with E-state index in [1.807, 2.05) is 0 Å². The summed E-state index contributed by atoms with van der Waals surface area (Å²) < 4.78 is 31.3. The van der Waals surface area contributed by atoms with E-state index in [1.54, 1.807) is 6.92 Å². The van der Waals surface area contributed by atoms with Crippen molar-refractivity contribution in [1.82, 2.24) is 10.2 Å². The highest BCUT2D eigenvalue weighted by atomic mass is 32.2. The van der Waals surface area contributed by atoms with Crippen LogP contribution in [0, 0.1) is 6.92 Å². The van der Waals surface area contributed by atoms with Gasteiger partial charge in [0.2, 0.25) is 0 Å². The Hall–Kier alpha value is -2.35. The van der Waals surface area contributed by atoms with Crippen molar-refractivity contribution in [2.75, 3.05) is 11.8 Å². The molecule has 2 N–H and O–H groups in total. The van der Waals surface area contributed by atoms with E-state index in [1.165, 1.54) is 37.6 Å². The maximum atomic E-state index is 12.2. The van der Waals surface area contributed by atoms with Crippen molar-refractivity contribution in [1.29, 1.82) is 0 Å². The van der Waals surface area contributed by atoms with E-state index in [0.717, 1.165) is 0 Å². The van der Waals surface area contributed by atoms with Gasteiger partial charge in [-0.3, -0.25) is 9.82 Å². The van der Waals surface area contributed by atoms with Gasteiger partial charge in [0, 0.05) is 5.56 Å². The third-order valence-corrected chi connectivity index (χ3v) is 3.98. The largest absolute Gasteiger partial charge is 0.465 e. The number of nitrogens with zero attached hydrogens (tertiary/aromatic N) is 1. The van der Waals surface area contributed by atoms with Crippen LogP contribution in [0.1, 0.15) is 15.9 Å². The van der Waals surface area contributed by atoms with Gasteiger partial charge in [-0.2, -0.15) is 5.10 Å². The molecule has 0 aliphatic rings. The number of nitrogens with one attached hydrogen (secondary N) is 2. The number of sulfonamides is 1. The molecule has 1 aromatic heterocycles. The van der Waals surface area contributed by atoms with Gasteiger partial charge in [-0.1, -0.05) is 6.07 Å². The molecule has 0 aliphatic carbocycles. The second-order valence-corrected chi connectivity index (χ2v) is 5.74. The summed E-state index contributed by atoms with van der Waals surface area (Å²) in [6.45, 7) is 1.71. The van der Waals surface area contributed by atoms with Gasteiger partial charge < -0.3 is 4.74 Å². The van der Waals surface area contributed by atoms with Gasteiger partial charge in [0.25, 0.3) is 10.0 Å². The Balaban J connectivity index is 2.35. The van der Waals surface area contributed by atoms with Crippen LogP contribution in [0.3, 0.4) is 0 Å². The number of carbonyl (C=O) groups is 1. The van der Waals surface area contributed by atoms with E-state index in [4.69, 9.17) is 0 Å². The van der Waals surface area contributed by atoms with Crippen LogP contribution in [0.15, 0.2) is 35.4 Å². The Bertz CT molecular complexity index is 737. The Morgan fingerprint density at radius 2 is 2.15 bits per heavy atom. The third-order valence-electron chi connectivity index (χ3n) is 2.63. The molecule has 1 aromatic carbocycles. The first-order valence-electron chi connectivity index (χ1n) is 5.65. The molecule has 0 atom stereocenters. The predicted molar refractivity (Wildman–Crippen MR) is 71.9 cm³/mol. The minimum absolute atomic E-state index is 0.0330. The lowest BCUT2D eigenvalue weighted by Gasteiger charge is -2.08. The highest BCUT2D eigenvalue weighted by Gasteiger charge is 2.18. The molecule has 0 amide bonds. The molecule has 0 aliphatic heterocycles. The number of H-pyrrole nitrogens is 1. The van der Waals surface area contributed by atoms with Crippen molar-refractivity contribution in [3.63, 3.8) is 0 Å². The summed E-state index contributed by atoms with van der Waals surface area (Å²) in [5, 5.41) is 6.28. The number of esters is 1. The summed E-state index contributed by atoms with van der Waals surface area (Å²) in [4.78, 5) is 11.4. The van der Waals surface area contributed by atoms with Gasteiger partial charge in [-0.25, -0.2) is 13.2 Å². The zero-order valence-corrected chi connectivity index (χ0v) is 11.7. The van der Waals surface area contributed by atoms with E-state index >= 15 is 0 Å². The van der Waals surface area contributed by atoms with Crippen LogP contribution in [-0.2, 0) is 14.8 Å². The fourth-order valence-corrected chi connectivity index (χ4v) is 2.68. The zero-order valence-electron chi connectivity index (χ0n) is 10.9. The topological polar surface area (TPSA) is 101 Å². The lowest BCUT2D eigenvalue weighted by Crippen LogP contribution is -2.14. The molecule has 1 heterocycles. The number of benzene rings is 1. The van der Waals surface area contributed by atoms with Crippen LogP contribution in [0.4, 0.5) is 5.82 Å². The first-order chi connectivity index (χ1) is 9.44. The monoisotopic (exact) mass is 295 g/mol. The quantitative estimate of drug-likeness (QED) is 0.828. The van der Waals surface area contributed by atoms with Crippen molar-refractivity contribution in [2.45, 2.75) is 11.8 Å². The maximum Gasteiger partial charge on any atom is 0.337 e. The van der Waals surface area contributed by atoms with Crippen molar-refractivity contribution in [2.24, 2.45) is 0 Å². The Labute approximate surface area is 116 Å². The lowest BCUT2D eigenvalue weighted by atomic mass is 10.2. The molecule has 0 unspecified atom stereocenters. The Morgan fingerprint density at radius 1 is 1.40 bits per heavy atom. The molecular weight excluding hydrogens is 282 g/mol. The van der Waals surface area contributed by atoms with Crippen LogP contribution in [0.2, 0.25) is 0 Å². The molecule has 0 radical (unpaired) electrons. The fraction of sp³-hybridized carbons (Fsp3) is 0.167. The molecule has 8 heteroatoms. The summed E-state index contributed by atoms with van der Waals surface area (Å²) in [6.07, 6.45) is 1.50. The second-order valence-electron chi connectivity index (χ2n) is 4.05. The normalized spacial score (nSPS) is 11.1. The minimum atomic E-state index is -3.80. The smallest absolute Gasteiger partial charge is 0.337 e. The number of hydrogen-bond acceptors (Lipinski definition) is 5. The van der Waals surface area contributed by atoms with Gasteiger partial charge in [0.05, 0.1) is 23.8 Å². The number of aromatic amines is 1. The zero-order chi connectivity index (χ0) is 14.8. The van der Waals surface area contributed by atoms with Gasteiger partial charge in [0.1, 0.15) is 5.82 Å². The van der Waals surface area contributed by atoms with Crippen molar-refractivity contribution < 1.29 is 17.9 Å². The molecule has 106 valence electrons. The Kier molecular flexibility index (Phi) is 3.75. The summed E-state index contributed by atoms with van der Waals surface area (Å²) in [5.41, 5.74) is 0.828. The van der Waals surface area contributed by atoms with Gasteiger partial charge >= 0.3 is 5.97 Å². The third kappa shape index (κ3) is 2.80. The SMILES string of the molecule is COC(=O)c1cccc(S(=O)(=O)Nc2[nH]ncc2C)c1. The number of ether oxygens (including phenoxy) is 1. The lowest BCUT2D eigenvalue weighted by molar-refractivity contribution is 0.0600. The first kappa shape index (κ1) is 14.1. The number of methoxy groups -OCH3 is 1. The summed E-state index contributed by atoms with van der Waals surface area (Å²) in [6, 6.07) is 5.59. The van der Waals surface area contributed by atoms with Crippen molar-refractivity contribution in [3.8, 4) is 0 Å². The Morgan fingerprint density at radius 3 is 2.75 bits per heavy atom. The van der Waals surface area contributed by atoms with Crippen molar-refractivity contribution in [3.05, 3.63) is 41.6 Å². The molecule has 0 saturated heterocycles. The molecule has 7 nitrogen and oxygen atoms in total. The van der Waals surface area contributed by atoms with E-state index in [2.05, 4.69) is 19.7 Å². The van der Waals surface area contributed by atoms with Crippen LogP contribution < -0.4 is 4.72 Å². The molecule has 0 saturated carbocycles. The minimum Gasteiger partial charge on any atom is -0.465 e. The average molecular weight is 295 g/mol.